The first-order chi connectivity index (χ1) is 4.72. The number of carboxylic acid groups (broad SMARTS) is 1. The molecule has 0 amide bonds. The van der Waals surface area contributed by atoms with E-state index in [0.29, 0.717) is 13.2 Å². The van der Waals surface area contributed by atoms with Crippen LogP contribution in [0.5, 0.6) is 0 Å². The van der Waals surface area contributed by atoms with E-state index in [-0.39, 0.29) is 5.70 Å². The van der Waals surface area contributed by atoms with Crippen molar-refractivity contribution in [3.63, 3.8) is 0 Å². The Morgan fingerprint density at radius 2 is 2.40 bits per heavy atom. The summed E-state index contributed by atoms with van der Waals surface area (Å²) in [4.78, 5) is 19.1. The van der Waals surface area contributed by atoms with Gasteiger partial charge in [-0.05, 0) is 0 Å². The number of aliphatic carboxylic acids is 1. The van der Waals surface area contributed by atoms with Gasteiger partial charge in [0.05, 0.1) is 6.54 Å². The van der Waals surface area contributed by atoms with Gasteiger partial charge in [-0.2, -0.15) is 0 Å². The second kappa shape index (κ2) is 2.68. The lowest BCUT2D eigenvalue weighted by Gasteiger charge is -2.10. The molecule has 0 spiro atoms. The van der Waals surface area contributed by atoms with Gasteiger partial charge in [0.25, 0.3) is 0 Å². The molecule has 1 N–H and O–H groups in total. The summed E-state index contributed by atoms with van der Waals surface area (Å²) in [6.07, 6.45) is 0. The summed E-state index contributed by atoms with van der Waals surface area (Å²) >= 11 is 0. The fraction of sp³-hybridized carbons (Fsp3) is 0.400. The van der Waals surface area contributed by atoms with E-state index in [1.54, 1.807) is 0 Å². The molecule has 1 saturated heterocycles. The molecule has 0 atom stereocenters. The highest BCUT2D eigenvalue weighted by atomic mass is 17.3. The van der Waals surface area contributed by atoms with E-state index in [2.05, 4.69) is 16.5 Å². The van der Waals surface area contributed by atoms with Crippen LogP contribution in [-0.2, 0) is 14.7 Å². The van der Waals surface area contributed by atoms with E-state index >= 15 is 0 Å². The van der Waals surface area contributed by atoms with Crippen molar-refractivity contribution in [3.8, 4) is 0 Å². The molecule has 0 aromatic rings. The van der Waals surface area contributed by atoms with Gasteiger partial charge in [-0.25, -0.2) is 14.7 Å². The summed E-state index contributed by atoms with van der Waals surface area (Å²) in [7, 11) is 0. The lowest BCUT2D eigenvalue weighted by Crippen LogP contribution is -2.22. The molecule has 1 fully saturated rings. The molecular formula is C5H7NO4. The van der Waals surface area contributed by atoms with Crippen molar-refractivity contribution in [2.75, 3.05) is 13.2 Å². The lowest BCUT2D eigenvalue weighted by molar-refractivity contribution is -0.357. The van der Waals surface area contributed by atoms with Crippen LogP contribution >= 0.6 is 0 Å². The summed E-state index contributed by atoms with van der Waals surface area (Å²) in [6.45, 7) is 4.03. The zero-order valence-electron chi connectivity index (χ0n) is 5.24. The molecule has 5 nitrogen and oxygen atoms in total. The van der Waals surface area contributed by atoms with Gasteiger partial charge in [0.2, 0.25) is 0 Å². The second-order valence-corrected chi connectivity index (χ2v) is 1.75. The molecule has 0 aromatic carbocycles. The van der Waals surface area contributed by atoms with Crippen LogP contribution in [0.1, 0.15) is 0 Å². The Morgan fingerprint density at radius 3 is 2.80 bits per heavy atom. The fourth-order valence-corrected chi connectivity index (χ4v) is 0.545. The largest absolute Gasteiger partial charge is 0.477 e. The number of hydrogen-bond donors (Lipinski definition) is 1. The second-order valence-electron chi connectivity index (χ2n) is 1.75. The van der Waals surface area contributed by atoms with Crippen molar-refractivity contribution in [2.45, 2.75) is 0 Å². The molecule has 1 aliphatic heterocycles. The van der Waals surface area contributed by atoms with Crippen LogP contribution in [0.15, 0.2) is 12.3 Å². The van der Waals surface area contributed by atoms with Crippen LogP contribution in [0.3, 0.4) is 0 Å². The average molecular weight is 145 g/mol. The summed E-state index contributed by atoms with van der Waals surface area (Å²) < 4.78 is 0. The van der Waals surface area contributed by atoms with Crippen molar-refractivity contribution in [1.82, 2.24) is 5.06 Å². The summed E-state index contributed by atoms with van der Waals surface area (Å²) in [5.41, 5.74) is -0.113. The monoisotopic (exact) mass is 145 g/mol. The molecule has 0 aromatic heterocycles. The average Bonchev–Trinajstić information content (AvgIpc) is 2.36. The minimum Gasteiger partial charge on any atom is -0.477 e. The van der Waals surface area contributed by atoms with Crippen LogP contribution in [-0.4, -0.2) is 29.3 Å². The van der Waals surface area contributed by atoms with E-state index in [1.807, 2.05) is 0 Å². The van der Waals surface area contributed by atoms with Gasteiger partial charge in [-0.1, -0.05) is 6.58 Å². The van der Waals surface area contributed by atoms with Gasteiger partial charge < -0.3 is 5.11 Å². The predicted octanol–water partition coefficient (Wildman–Crippen LogP) is -0.236. The Balaban J connectivity index is 2.48. The predicted molar refractivity (Wildman–Crippen MR) is 30.5 cm³/mol. The van der Waals surface area contributed by atoms with Gasteiger partial charge in [-0.3, -0.25) is 0 Å². The molecule has 0 aliphatic carbocycles. The highest BCUT2D eigenvalue weighted by Gasteiger charge is 2.20. The number of rotatable bonds is 2. The van der Waals surface area contributed by atoms with Gasteiger partial charge in [0.1, 0.15) is 12.3 Å². The van der Waals surface area contributed by atoms with Crippen molar-refractivity contribution in [2.24, 2.45) is 0 Å². The number of hydrogen-bond acceptors (Lipinski definition) is 4. The first kappa shape index (κ1) is 7.04. The Labute approximate surface area is 57.3 Å². The third-order valence-corrected chi connectivity index (χ3v) is 1.07. The minimum absolute atomic E-state index is 0.113. The first-order valence-corrected chi connectivity index (χ1v) is 2.71. The number of hydroxylamine groups is 2. The van der Waals surface area contributed by atoms with Gasteiger partial charge in [-0.15, -0.1) is 4.99 Å². The van der Waals surface area contributed by atoms with Crippen molar-refractivity contribution in [1.29, 1.82) is 0 Å². The minimum atomic E-state index is -1.11. The van der Waals surface area contributed by atoms with Crippen LogP contribution in [0, 0.1) is 0 Å². The maximum absolute atomic E-state index is 10.2. The molecule has 0 saturated carbocycles. The molecular weight excluding hydrogens is 138 g/mol. The third kappa shape index (κ3) is 1.26. The topological polar surface area (TPSA) is 59.0 Å². The van der Waals surface area contributed by atoms with Gasteiger partial charge in [0, 0.05) is 0 Å². The SMILES string of the molecule is C=C(C(=O)O)N1CCOO1. The first-order valence-electron chi connectivity index (χ1n) is 2.71. The van der Waals surface area contributed by atoms with Crippen LogP contribution in [0.4, 0.5) is 0 Å². The normalized spacial score (nSPS) is 17.4. The summed E-state index contributed by atoms with van der Waals surface area (Å²) in [5.74, 6) is -1.11. The van der Waals surface area contributed by atoms with E-state index in [4.69, 9.17) is 5.11 Å². The third-order valence-electron chi connectivity index (χ3n) is 1.07. The number of carboxylic acids is 1. The molecule has 0 unspecified atom stereocenters. The number of carbonyl (C=O) groups is 1. The summed E-state index contributed by atoms with van der Waals surface area (Å²) in [5, 5.41) is 9.45. The molecule has 0 radical (unpaired) electrons. The fourth-order valence-electron chi connectivity index (χ4n) is 0.545. The Hall–Kier alpha value is -1.07. The van der Waals surface area contributed by atoms with Crippen molar-refractivity contribution in [3.05, 3.63) is 12.3 Å². The molecule has 1 heterocycles. The molecule has 1 aliphatic rings. The van der Waals surface area contributed by atoms with Crippen LogP contribution < -0.4 is 0 Å². The van der Waals surface area contributed by atoms with Gasteiger partial charge in [0.15, 0.2) is 0 Å². The van der Waals surface area contributed by atoms with Crippen LogP contribution in [0.25, 0.3) is 0 Å². The standard InChI is InChI=1S/C5H7NO4/c1-4(5(7)8)6-2-3-9-10-6/h1-3H2,(H,7,8). The maximum atomic E-state index is 10.2. The Kier molecular flexibility index (Phi) is 1.88. The van der Waals surface area contributed by atoms with E-state index in [1.165, 1.54) is 0 Å². The van der Waals surface area contributed by atoms with E-state index in [0.717, 1.165) is 5.06 Å². The zero-order chi connectivity index (χ0) is 7.56. The van der Waals surface area contributed by atoms with Crippen molar-refractivity contribution < 1.29 is 19.8 Å². The summed E-state index contributed by atoms with van der Waals surface area (Å²) in [6, 6.07) is 0. The molecule has 10 heavy (non-hydrogen) atoms. The van der Waals surface area contributed by atoms with E-state index < -0.39 is 5.97 Å². The molecule has 5 heteroatoms. The maximum Gasteiger partial charge on any atom is 0.354 e. The zero-order valence-corrected chi connectivity index (χ0v) is 5.24. The Bertz CT molecular complexity index is 161. The van der Waals surface area contributed by atoms with E-state index in [9.17, 15) is 4.79 Å². The number of nitrogens with zero attached hydrogens (tertiary/aromatic N) is 1. The highest BCUT2D eigenvalue weighted by molar-refractivity contribution is 5.84. The van der Waals surface area contributed by atoms with Crippen LogP contribution in [0.2, 0.25) is 0 Å². The quantitative estimate of drug-likeness (QED) is 0.429. The highest BCUT2D eigenvalue weighted by Crippen LogP contribution is 2.08. The lowest BCUT2D eigenvalue weighted by atomic mass is 10.5. The van der Waals surface area contributed by atoms with Gasteiger partial charge >= 0.3 is 5.97 Å². The molecule has 56 valence electrons. The van der Waals surface area contributed by atoms with Crippen molar-refractivity contribution >= 4 is 5.97 Å². The smallest absolute Gasteiger partial charge is 0.354 e. The Morgan fingerprint density at radius 1 is 1.70 bits per heavy atom. The molecule has 1 rings (SSSR count). The molecule has 0 bridgehead atoms.